The molecule has 3 aromatic rings. The molecule has 34 heavy (non-hydrogen) atoms. The molecule has 4 nitrogen and oxygen atoms in total. The molecule has 1 fully saturated rings. The first-order valence-electron chi connectivity index (χ1n) is 11.2. The summed E-state index contributed by atoms with van der Waals surface area (Å²) < 4.78 is 45.6. The fraction of sp³-hybridized carbons (Fsp3) is 0.296. The molecule has 1 aliphatic heterocycles. The number of nitrogens with zero attached hydrogens (tertiary/aromatic N) is 1. The Balaban J connectivity index is 1.66. The largest absolute Gasteiger partial charge is 0.489 e. The maximum atomic E-state index is 13.2. The molecule has 0 amide bonds. The van der Waals surface area contributed by atoms with Crippen molar-refractivity contribution in [1.82, 2.24) is 4.90 Å². The van der Waals surface area contributed by atoms with Crippen LogP contribution in [0.25, 0.3) is 0 Å². The topological polar surface area (TPSA) is 49.8 Å². The van der Waals surface area contributed by atoms with Crippen LogP contribution in [0.4, 0.5) is 13.2 Å². The molecule has 0 saturated carbocycles. The Hall–Kier alpha value is -3.32. The van der Waals surface area contributed by atoms with Crippen LogP contribution in [-0.4, -0.2) is 29.1 Å². The SMILES string of the molecule is O=C(O)C1CCN(C(c2ccc(C(F)(F)F)cc2)c2ccccc2OCc2ccccc2)CC1. The third kappa shape index (κ3) is 5.59. The number of halogens is 3. The number of para-hydroxylation sites is 1. The summed E-state index contributed by atoms with van der Waals surface area (Å²) in [7, 11) is 0. The number of carboxylic acid groups (broad SMARTS) is 1. The minimum absolute atomic E-state index is 0.357. The molecule has 1 unspecified atom stereocenters. The molecule has 0 aromatic heterocycles. The van der Waals surface area contributed by atoms with Crippen LogP contribution in [0.2, 0.25) is 0 Å². The molecule has 0 radical (unpaired) electrons. The van der Waals surface area contributed by atoms with Crippen molar-refractivity contribution in [2.45, 2.75) is 31.7 Å². The van der Waals surface area contributed by atoms with E-state index in [1.807, 2.05) is 54.6 Å². The minimum atomic E-state index is -4.41. The second-order valence-corrected chi connectivity index (χ2v) is 8.48. The summed E-state index contributed by atoms with van der Waals surface area (Å²) >= 11 is 0. The number of carboxylic acids is 1. The fourth-order valence-electron chi connectivity index (χ4n) is 4.42. The highest BCUT2D eigenvalue weighted by Crippen LogP contribution is 2.38. The Morgan fingerprint density at radius 1 is 0.941 bits per heavy atom. The lowest BCUT2D eigenvalue weighted by Crippen LogP contribution is -2.39. The molecule has 3 aromatic carbocycles. The Bertz CT molecular complexity index is 1090. The van der Waals surface area contributed by atoms with Gasteiger partial charge in [-0.2, -0.15) is 13.2 Å². The lowest BCUT2D eigenvalue weighted by atomic mass is 9.90. The van der Waals surface area contributed by atoms with Crippen molar-refractivity contribution in [1.29, 1.82) is 0 Å². The van der Waals surface area contributed by atoms with Gasteiger partial charge in [-0.05, 0) is 55.3 Å². The van der Waals surface area contributed by atoms with E-state index in [9.17, 15) is 23.1 Å². The molecule has 1 heterocycles. The Morgan fingerprint density at radius 3 is 2.18 bits per heavy atom. The van der Waals surface area contributed by atoms with E-state index >= 15 is 0 Å². The molecule has 1 aliphatic rings. The number of rotatable bonds is 7. The van der Waals surface area contributed by atoms with E-state index in [1.54, 1.807) is 0 Å². The van der Waals surface area contributed by atoms with E-state index in [0.29, 0.717) is 43.9 Å². The van der Waals surface area contributed by atoms with Gasteiger partial charge < -0.3 is 9.84 Å². The quantitative estimate of drug-likeness (QED) is 0.450. The van der Waals surface area contributed by atoms with Gasteiger partial charge in [0.2, 0.25) is 0 Å². The number of likely N-dealkylation sites (tertiary alicyclic amines) is 1. The smallest absolute Gasteiger partial charge is 0.416 e. The predicted molar refractivity (Wildman–Crippen MR) is 122 cm³/mol. The number of aliphatic carboxylic acids is 1. The van der Waals surface area contributed by atoms with Crippen molar-refractivity contribution in [2.24, 2.45) is 5.92 Å². The normalized spacial score (nSPS) is 16.2. The standard InChI is InChI=1S/C27H26F3NO3/c28-27(29,30)22-12-10-20(11-13-22)25(31-16-14-21(15-17-31)26(32)33)23-8-4-5-9-24(23)34-18-19-6-2-1-3-7-19/h1-13,21,25H,14-18H2,(H,32,33). The van der Waals surface area contributed by atoms with Crippen molar-refractivity contribution < 1.29 is 27.8 Å². The van der Waals surface area contributed by atoms with E-state index in [4.69, 9.17) is 4.74 Å². The summed E-state index contributed by atoms with van der Waals surface area (Å²) in [6.45, 7) is 1.41. The first-order valence-corrected chi connectivity index (χ1v) is 11.2. The number of piperidine rings is 1. The number of benzene rings is 3. The van der Waals surface area contributed by atoms with Crippen LogP contribution < -0.4 is 4.74 Å². The zero-order valence-electron chi connectivity index (χ0n) is 18.5. The molecule has 1 N–H and O–H groups in total. The van der Waals surface area contributed by atoms with E-state index in [2.05, 4.69) is 4.90 Å². The average Bonchev–Trinajstić information content (AvgIpc) is 2.84. The van der Waals surface area contributed by atoms with Gasteiger partial charge in [-0.3, -0.25) is 9.69 Å². The van der Waals surface area contributed by atoms with E-state index in [1.165, 1.54) is 12.1 Å². The highest BCUT2D eigenvalue weighted by Gasteiger charge is 2.33. The summed E-state index contributed by atoms with van der Waals surface area (Å²) in [5, 5.41) is 9.38. The fourth-order valence-corrected chi connectivity index (χ4v) is 4.42. The zero-order chi connectivity index (χ0) is 24.1. The second-order valence-electron chi connectivity index (χ2n) is 8.48. The number of alkyl halides is 3. The molecule has 4 rings (SSSR count). The van der Waals surface area contributed by atoms with E-state index in [0.717, 1.165) is 23.3 Å². The van der Waals surface area contributed by atoms with Crippen LogP contribution in [-0.2, 0) is 17.6 Å². The van der Waals surface area contributed by atoms with Gasteiger partial charge in [-0.25, -0.2) is 0 Å². The van der Waals surface area contributed by atoms with Crippen LogP contribution >= 0.6 is 0 Å². The molecule has 1 saturated heterocycles. The summed E-state index contributed by atoms with van der Waals surface area (Å²) in [4.78, 5) is 13.6. The van der Waals surface area contributed by atoms with Crippen molar-refractivity contribution in [3.05, 3.63) is 101 Å². The van der Waals surface area contributed by atoms with Crippen LogP contribution in [0, 0.1) is 5.92 Å². The third-order valence-electron chi connectivity index (χ3n) is 6.25. The highest BCUT2D eigenvalue weighted by molar-refractivity contribution is 5.70. The molecular weight excluding hydrogens is 443 g/mol. The van der Waals surface area contributed by atoms with Gasteiger partial charge in [0.1, 0.15) is 12.4 Å². The van der Waals surface area contributed by atoms with Crippen molar-refractivity contribution >= 4 is 5.97 Å². The summed E-state index contributed by atoms with van der Waals surface area (Å²) in [5.41, 5.74) is 1.85. The monoisotopic (exact) mass is 469 g/mol. The minimum Gasteiger partial charge on any atom is -0.489 e. The average molecular weight is 470 g/mol. The maximum absolute atomic E-state index is 13.2. The van der Waals surface area contributed by atoms with Crippen molar-refractivity contribution in [3.63, 3.8) is 0 Å². The molecule has 0 bridgehead atoms. The van der Waals surface area contributed by atoms with Crippen molar-refractivity contribution in [3.8, 4) is 5.75 Å². The molecule has 0 aliphatic carbocycles. The zero-order valence-corrected chi connectivity index (χ0v) is 18.5. The van der Waals surface area contributed by atoms with E-state index < -0.39 is 23.6 Å². The van der Waals surface area contributed by atoms with Crippen LogP contribution in [0.1, 0.15) is 41.1 Å². The summed E-state index contributed by atoms with van der Waals surface area (Å²) in [6.07, 6.45) is -3.44. The van der Waals surface area contributed by atoms with E-state index in [-0.39, 0.29) is 6.04 Å². The predicted octanol–water partition coefficient (Wildman–Crippen LogP) is 6.17. The molecule has 0 spiro atoms. The van der Waals surface area contributed by atoms with Crippen LogP contribution in [0.3, 0.4) is 0 Å². The van der Waals surface area contributed by atoms with Gasteiger partial charge in [0.25, 0.3) is 0 Å². The van der Waals surface area contributed by atoms with Crippen LogP contribution in [0.5, 0.6) is 5.75 Å². The second kappa shape index (κ2) is 10.3. The lowest BCUT2D eigenvalue weighted by Gasteiger charge is -2.37. The molecular formula is C27H26F3NO3. The molecule has 178 valence electrons. The number of ether oxygens (including phenoxy) is 1. The lowest BCUT2D eigenvalue weighted by molar-refractivity contribution is -0.143. The van der Waals surface area contributed by atoms with Gasteiger partial charge in [-0.1, -0.05) is 60.7 Å². The first-order chi connectivity index (χ1) is 16.3. The molecule has 7 heteroatoms. The number of hydrogen-bond donors (Lipinski definition) is 1. The van der Waals surface area contributed by atoms with Crippen molar-refractivity contribution in [2.75, 3.05) is 13.1 Å². The maximum Gasteiger partial charge on any atom is 0.416 e. The van der Waals surface area contributed by atoms with Gasteiger partial charge in [0.15, 0.2) is 0 Å². The Labute approximate surface area is 196 Å². The Morgan fingerprint density at radius 2 is 1.56 bits per heavy atom. The summed E-state index contributed by atoms with van der Waals surface area (Å²) in [6, 6.07) is 22.1. The Kier molecular flexibility index (Phi) is 7.22. The van der Waals surface area contributed by atoms with Gasteiger partial charge in [0.05, 0.1) is 17.5 Å². The van der Waals surface area contributed by atoms with Gasteiger partial charge in [0, 0.05) is 5.56 Å². The van der Waals surface area contributed by atoms with Gasteiger partial charge in [-0.15, -0.1) is 0 Å². The molecule has 1 atom stereocenters. The number of hydrogen-bond acceptors (Lipinski definition) is 3. The number of carbonyl (C=O) groups is 1. The third-order valence-corrected chi connectivity index (χ3v) is 6.25. The first kappa shape index (κ1) is 23.8. The van der Waals surface area contributed by atoms with Crippen LogP contribution in [0.15, 0.2) is 78.9 Å². The summed E-state index contributed by atoms with van der Waals surface area (Å²) in [5.74, 6) is -0.567. The van der Waals surface area contributed by atoms with Gasteiger partial charge >= 0.3 is 12.1 Å². The highest BCUT2D eigenvalue weighted by atomic mass is 19.4.